The van der Waals surface area contributed by atoms with Crippen molar-refractivity contribution in [2.75, 3.05) is 14.2 Å². The van der Waals surface area contributed by atoms with Crippen LogP contribution in [-0.2, 0) is 25.9 Å². The number of aliphatic hydroxyl groups is 2. The van der Waals surface area contributed by atoms with E-state index in [-0.39, 0.29) is 19.1 Å². The molecule has 0 bridgehead atoms. The average Bonchev–Trinajstić information content (AvgIpc) is 3.09. The number of rotatable bonds is 10. The number of hydrogen-bond donors (Lipinski definition) is 2. The van der Waals surface area contributed by atoms with Gasteiger partial charge in [0.2, 0.25) is 0 Å². The van der Waals surface area contributed by atoms with Crippen LogP contribution in [0.15, 0.2) is 109 Å². The second kappa shape index (κ2) is 13.6. The number of amides is 2. The zero-order chi connectivity index (χ0) is 29.5. The zero-order valence-corrected chi connectivity index (χ0v) is 24.0. The average molecular weight is 567 g/mol. The molecule has 0 radical (unpaired) electrons. The Morgan fingerprint density at radius 1 is 0.571 bits per heavy atom. The van der Waals surface area contributed by atoms with E-state index in [1.165, 1.54) is 0 Å². The lowest BCUT2D eigenvalue weighted by atomic mass is 9.91. The van der Waals surface area contributed by atoms with Gasteiger partial charge in [-0.15, -0.1) is 0 Å². The molecule has 0 aromatic heterocycles. The maximum atomic E-state index is 14.7. The molecule has 7 nitrogen and oxygen atoms in total. The topological polar surface area (TPSA) is 82.5 Å². The molecule has 1 fully saturated rings. The Morgan fingerprint density at radius 3 is 1.33 bits per heavy atom. The van der Waals surface area contributed by atoms with Crippen LogP contribution in [0, 0.1) is 0 Å². The normalized spacial score (nSPS) is 20.7. The molecule has 0 unspecified atom stereocenters. The fourth-order valence-electron chi connectivity index (χ4n) is 5.75. The number of urea groups is 1. The fraction of sp³-hybridized carbons (Fsp3) is 0.286. The van der Waals surface area contributed by atoms with E-state index in [9.17, 15) is 15.0 Å². The Bertz CT molecular complexity index is 1340. The van der Waals surface area contributed by atoms with Crippen molar-refractivity contribution in [2.45, 2.75) is 50.2 Å². The number of carbonyl (C=O) groups excluding carboxylic acids is 1. The number of ether oxygens (including phenoxy) is 2. The molecule has 0 spiro atoms. The summed E-state index contributed by atoms with van der Waals surface area (Å²) in [6, 6.07) is 33.1. The molecule has 218 valence electrons. The third-order valence-corrected chi connectivity index (χ3v) is 7.98. The van der Waals surface area contributed by atoms with E-state index in [0.717, 1.165) is 22.3 Å². The van der Waals surface area contributed by atoms with Crippen LogP contribution in [0.5, 0.6) is 11.5 Å². The third kappa shape index (κ3) is 6.75. The van der Waals surface area contributed by atoms with Crippen molar-refractivity contribution in [1.82, 2.24) is 9.80 Å². The first kappa shape index (κ1) is 29.2. The van der Waals surface area contributed by atoms with Gasteiger partial charge in [0.25, 0.3) is 0 Å². The first-order valence-corrected chi connectivity index (χ1v) is 14.2. The van der Waals surface area contributed by atoms with E-state index in [0.29, 0.717) is 24.3 Å². The lowest BCUT2D eigenvalue weighted by Gasteiger charge is -2.36. The molecule has 5 rings (SSSR count). The highest BCUT2D eigenvalue weighted by atomic mass is 16.5. The minimum absolute atomic E-state index is 0.240. The number of aliphatic hydroxyl groups excluding tert-OH is 2. The van der Waals surface area contributed by atoms with Gasteiger partial charge in [0.05, 0.1) is 26.3 Å². The second-order valence-electron chi connectivity index (χ2n) is 10.7. The van der Waals surface area contributed by atoms with Crippen molar-refractivity contribution >= 4 is 6.03 Å². The van der Waals surface area contributed by atoms with Crippen LogP contribution >= 0.6 is 0 Å². The highest BCUT2D eigenvalue weighted by Crippen LogP contribution is 2.31. The maximum Gasteiger partial charge on any atom is 0.321 e. The van der Waals surface area contributed by atoms with E-state index in [2.05, 4.69) is 0 Å². The van der Waals surface area contributed by atoms with Crippen molar-refractivity contribution in [2.24, 2.45) is 0 Å². The van der Waals surface area contributed by atoms with Crippen molar-refractivity contribution in [3.05, 3.63) is 131 Å². The highest BCUT2D eigenvalue weighted by Gasteiger charge is 2.46. The fourth-order valence-corrected chi connectivity index (χ4v) is 5.75. The molecule has 42 heavy (non-hydrogen) atoms. The summed E-state index contributed by atoms with van der Waals surface area (Å²) in [6.45, 7) is 0.480. The summed E-state index contributed by atoms with van der Waals surface area (Å²) < 4.78 is 10.9. The predicted octanol–water partition coefficient (Wildman–Crippen LogP) is 5.09. The summed E-state index contributed by atoms with van der Waals surface area (Å²) in [7, 11) is 3.22. The molecule has 1 saturated heterocycles. The van der Waals surface area contributed by atoms with Crippen LogP contribution in [-0.4, -0.2) is 64.6 Å². The summed E-state index contributed by atoms with van der Waals surface area (Å²) in [4.78, 5) is 18.1. The molecule has 1 heterocycles. The van der Waals surface area contributed by atoms with E-state index < -0.39 is 24.3 Å². The predicted molar refractivity (Wildman–Crippen MR) is 162 cm³/mol. The SMILES string of the molecule is COc1cccc(CN2C(=O)N(Cc3cccc(OC)c3)[C@H](Cc3ccccc3)[C@H](O)[C@@H](O)[C@H]2Cc2ccccc2)c1. The molecule has 2 amide bonds. The Morgan fingerprint density at radius 2 is 0.952 bits per heavy atom. The number of methoxy groups -OCH3 is 2. The molecule has 1 aliphatic heterocycles. The highest BCUT2D eigenvalue weighted by molar-refractivity contribution is 5.76. The summed E-state index contributed by atoms with van der Waals surface area (Å²) in [6.07, 6.45) is -1.60. The monoisotopic (exact) mass is 566 g/mol. The summed E-state index contributed by atoms with van der Waals surface area (Å²) in [5, 5.41) is 23.7. The van der Waals surface area contributed by atoms with Gasteiger partial charge in [0.15, 0.2) is 0 Å². The van der Waals surface area contributed by atoms with E-state index in [1.807, 2.05) is 109 Å². The largest absolute Gasteiger partial charge is 0.497 e. The number of nitrogens with zero attached hydrogens (tertiary/aromatic N) is 2. The van der Waals surface area contributed by atoms with Gasteiger partial charge in [-0.2, -0.15) is 0 Å². The van der Waals surface area contributed by atoms with Gasteiger partial charge in [0, 0.05) is 13.1 Å². The first-order valence-electron chi connectivity index (χ1n) is 14.2. The molecule has 0 aliphatic carbocycles. The van der Waals surface area contributed by atoms with Crippen LogP contribution in [0.2, 0.25) is 0 Å². The molecule has 4 atom stereocenters. The summed E-state index contributed by atoms with van der Waals surface area (Å²) in [5.41, 5.74) is 3.67. The minimum atomic E-state index is -1.19. The van der Waals surface area contributed by atoms with E-state index in [4.69, 9.17) is 9.47 Å². The van der Waals surface area contributed by atoms with Crippen molar-refractivity contribution in [3.8, 4) is 11.5 Å². The van der Waals surface area contributed by atoms with E-state index in [1.54, 1.807) is 24.0 Å². The third-order valence-electron chi connectivity index (χ3n) is 7.98. The van der Waals surface area contributed by atoms with Gasteiger partial charge < -0.3 is 29.5 Å². The Balaban J connectivity index is 1.59. The molecular weight excluding hydrogens is 528 g/mol. The van der Waals surface area contributed by atoms with Gasteiger partial charge in [0.1, 0.15) is 23.7 Å². The Kier molecular flexibility index (Phi) is 9.41. The first-order chi connectivity index (χ1) is 20.5. The number of hydrogen-bond acceptors (Lipinski definition) is 5. The number of carbonyl (C=O) groups is 1. The lowest BCUT2D eigenvalue weighted by molar-refractivity contribution is -0.0408. The van der Waals surface area contributed by atoms with Gasteiger partial charge in [-0.1, -0.05) is 84.9 Å². The molecular formula is C35H38N2O5. The lowest BCUT2D eigenvalue weighted by Crippen LogP contribution is -2.50. The van der Waals surface area contributed by atoms with Gasteiger partial charge in [-0.05, 0) is 59.4 Å². The maximum absolute atomic E-state index is 14.7. The van der Waals surface area contributed by atoms with Crippen molar-refractivity contribution < 1.29 is 24.5 Å². The van der Waals surface area contributed by atoms with E-state index >= 15 is 0 Å². The molecule has 2 N–H and O–H groups in total. The molecule has 4 aromatic carbocycles. The van der Waals surface area contributed by atoms with Crippen molar-refractivity contribution in [1.29, 1.82) is 0 Å². The van der Waals surface area contributed by atoms with Gasteiger partial charge >= 0.3 is 6.03 Å². The summed E-state index contributed by atoms with van der Waals surface area (Å²) in [5.74, 6) is 1.37. The molecule has 4 aromatic rings. The van der Waals surface area contributed by atoms with Gasteiger partial charge in [-0.25, -0.2) is 4.79 Å². The Labute approximate surface area is 247 Å². The quantitative estimate of drug-likeness (QED) is 0.280. The van der Waals surface area contributed by atoms with Crippen LogP contribution in [0.25, 0.3) is 0 Å². The smallest absolute Gasteiger partial charge is 0.321 e. The second-order valence-corrected chi connectivity index (χ2v) is 10.7. The number of benzene rings is 4. The van der Waals surface area contributed by atoms with Crippen LogP contribution in [0.1, 0.15) is 22.3 Å². The van der Waals surface area contributed by atoms with Crippen LogP contribution in [0.3, 0.4) is 0 Å². The Hall–Kier alpha value is -4.33. The standard InChI is InChI=1S/C35H38N2O5/c1-41-29-17-9-15-27(19-29)23-36-31(21-25-11-5-3-6-12-25)33(38)34(39)32(22-26-13-7-4-8-14-26)37(35(36)40)24-28-16-10-18-30(20-28)42-2/h3-20,31-34,38-39H,21-24H2,1-2H3/t31-,32-,33+,34+/m1/s1. The zero-order valence-electron chi connectivity index (χ0n) is 24.0. The molecule has 0 saturated carbocycles. The van der Waals surface area contributed by atoms with Crippen molar-refractivity contribution in [3.63, 3.8) is 0 Å². The molecule has 1 aliphatic rings. The van der Waals surface area contributed by atoms with Gasteiger partial charge in [-0.3, -0.25) is 0 Å². The summed E-state index contributed by atoms with van der Waals surface area (Å²) >= 11 is 0. The molecule has 7 heteroatoms. The minimum Gasteiger partial charge on any atom is -0.497 e. The van der Waals surface area contributed by atoms with Crippen LogP contribution in [0.4, 0.5) is 4.79 Å². The van der Waals surface area contributed by atoms with Crippen LogP contribution < -0.4 is 9.47 Å².